The lowest BCUT2D eigenvalue weighted by Gasteiger charge is -2.17. The number of carbonyl (C=O) groups excluding carboxylic acids is 1. The van der Waals surface area contributed by atoms with Gasteiger partial charge in [0.25, 0.3) is 0 Å². The van der Waals surface area contributed by atoms with Crippen molar-refractivity contribution in [1.29, 1.82) is 0 Å². The number of amides is 1. The van der Waals surface area contributed by atoms with Crippen LogP contribution in [0.3, 0.4) is 0 Å². The summed E-state index contributed by atoms with van der Waals surface area (Å²) < 4.78 is 8.21. The third-order valence-corrected chi connectivity index (χ3v) is 5.05. The molecule has 148 valence electrons. The van der Waals surface area contributed by atoms with Crippen molar-refractivity contribution in [1.82, 2.24) is 14.9 Å². The van der Waals surface area contributed by atoms with Crippen LogP contribution in [0.2, 0.25) is 0 Å². The second kappa shape index (κ2) is 8.91. The van der Waals surface area contributed by atoms with Crippen molar-refractivity contribution in [3.05, 3.63) is 59.4 Å². The molecule has 0 radical (unpaired) electrons. The van der Waals surface area contributed by atoms with Crippen LogP contribution in [-0.2, 0) is 11.3 Å². The molecule has 0 bridgehead atoms. The number of fused-ring (bicyclic) bond motifs is 1. The number of benzene rings is 2. The van der Waals surface area contributed by atoms with Crippen LogP contribution in [0, 0.1) is 13.8 Å². The molecule has 0 spiro atoms. The smallest absolute Gasteiger partial charge is 0.220 e. The molecule has 5 nitrogen and oxygen atoms in total. The lowest BCUT2D eigenvalue weighted by molar-refractivity contribution is -0.121. The maximum absolute atomic E-state index is 12.0. The van der Waals surface area contributed by atoms with E-state index in [1.165, 1.54) is 11.1 Å². The number of nitrogens with one attached hydrogen (secondary N) is 1. The first-order valence-corrected chi connectivity index (χ1v) is 9.94. The molecule has 1 amide bonds. The third-order valence-electron chi connectivity index (χ3n) is 5.05. The molecule has 28 heavy (non-hydrogen) atoms. The Hall–Kier alpha value is -2.82. The van der Waals surface area contributed by atoms with Crippen LogP contribution >= 0.6 is 0 Å². The fourth-order valence-electron chi connectivity index (χ4n) is 3.39. The summed E-state index contributed by atoms with van der Waals surface area (Å²) in [5, 5.41) is 3.06. The maximum Gasteiger partial charge on any atom is 0.220 e. The fraction of sp³-hybridized carbons (Fsp3) is 0.391. The molecular formula is C23H29N3O2. The predicted molar refractivity (Wildman–Crippen MR) is 113 cm³/mol. The number of carbonyl (C=O) groups is 1. The summed E-state index contributed by atoms with van der Waals surface area (Å²) in [4.78, 5) is 16.8. The van der Waals surface area contributed by atoms with Crippen LogP contribution in [0.5, 0.6) is 5.75 Å². The van der Waals surface area contributed by atoms with E-state index in [0.717, 1.165) is 29.0 Å². The lowest BCUT2D eigenvalue weighted by atomic mass is 10.1. The van der Waals surface area contributed by atoms with Crippen LogP contribution in [0.1, 0.15) is 49.7 Å². The third kappa shape index (κ3) is 4.35. The predicted octanol–water partition coefficient (Wildman–Crippen LogP) is 4.71. The summed E-state index contributed by atoms with van der Waals surface area (Å²) in [6, 6.07) is 14.0. The first-order valence-electron chi connectivity index (χ1n) is 9.94. The van der Waals surface area contributed by atoms with Gasteiger partial charge in [0.15, 0.2) is 0 Å². The second-order valence-electron chi connectivity index (χ2n) is 7.20. The Labute approximate surface area is 166 Å². The first kappa shape index (κ1) is 19.9. The second-order valence-corrected chi connectivity index (χ2v) is 7.20. The molecule has 0 saturated heterocycles. The minimum absolute atomic E-state index is 0.0558. The van der Waals surface area contributed by atoms with Gasteiger partial charge in [-0.2, -0.15) is 0 Å². The van der Waals surface area contributed by atoms with Crippen molar-refractivity contribution >= 4 is 16.9 Å². The van der Waals surface area contributed by atoms with Crippen LogP contribution in [0.4, 0.5) is 0 Å². The molecule has 1 heterocycles. The van der Waals surface area contributed by atoms with E-state index in [0.29, 0.717) is 19.6 Å². The monoisotopic (exact) mass is 379 g/mol. The van der Waals surface area contributed by atoms with Gasteiger partial charge in [0.1, 0.15) is 18.2 Å². The van der Waals surface area contributed by atoms with Gasteiger partial charge >= 0.3 is 0 Å². The minimum atomic E-state index is -0.160. The molecule has 0 aliphatic rings. The maximum atomic E-state index is 12.0. The van der Waals surface area contributed by atoms with Crippen LogP contribution in [-0.4, -0.2) is 22.1 Å². The van der Waals surface area contributed by atoms with Gasteiger partial charge in [-0.05, 0) is 56.5 Å². The van der Waals surface area contributed by atoms with Gasteiger partial charge in [0.2, 0.25) is 5.91 Å². The summed E-state index contributed by atoms with van der Waals surface area (Å²) >= 11 is 0. The van der Waals surface area contributed by atoms with Gasteiger partial charge < -0.3 is 14.6 Å². The van der Waals surface area contributed by atoms with E-state index in [9.17, 15) is 4.79 Å². The van der Waals surface area contributed by atoms with E-state index < -0.39 is 0 Å². The van der Waals surface area contributed by atoms with Crippen LogP contribution in [0.25, 0.3) is 11.0 Å². The number of hydrogen-bond donors (Lipinski definition) is 1. The van der Waals surface area contributed by atoms with Gasteiger partial charge in [0, 0.05) is 6.42 Å². The molecule has 1 aromatic heterocycles. The van der Waals surface area contributed by atoms with Gasteiger partial charge in [-0.25, -0.2) is 4.98 Å². The standard InChI is InChI=1S/C23H29N3O2/c1-5-9-22(27)24-18(4)23-25-19-11-6-7-12-20(19)26(23)14-15-28-21-13-8-10-16(2)17(21)3/h6-8,10-13,18H,5,9,14-15H2,1-4H3,(H,24,27). The number of hydrogen-bond acceptors (Lipinski definition) is 3. The van der Waals surface area contributed by atoms with Gasteiger partial charge in [-0.1, -0.05) is 31.2 Å². The zero-order chi connectivity index (χ0) is 20.1. The Morgan fingerprint density at radius 3 is 2.75 bits per heavy atom. The SMILES string of the molecule is CCCC(=O)NC(C)c1nc2ccccc2n1CCOc1cccc(C)c1C. The molecule has 0 aliphatic carbocycles. The Kier molecular flexibility index (Phi) is 6.34. The average molecular weight is 380 g/mol. The van der Waals surface area contributed by atoms with Crippen molar-refractivity contribution < 1.29 is 9.53 Å². The summed E-state index contributed by atoms with van der Waals surface area (Å²) in [5.74, 6) is 1.82. The summed E-state index contributed by atoms with van der Waals surface area (Å²) in [6.07, 6.45) is 1.36. The van der Waals surface area contributed by atoms with Crippen LogP contribution < -0.4 is 10.1 Å². The summed E-state index contributed by atoms with van der Waals surface area (Å²) in [5.41, 5.74) is 4.37. The van der Waals surface area contributed by atoms with Gasteiger partial charge in [0.05, 0.1) is 23.6 Å². The number of rotatable bonds is 8. The van der Waals surface area contributed by atoms with Crippen molar-refractivity contribution in [3.8, 4) is 5.75 Å². The molecule has 1 unspecified atom stereocenters. The zero-order valence-corrected chi connectivity index (χ0v) is 17.2. The molecule has 2 aromatic carbocycles. The summed E-state index contributed by atoms with van der Waals surface area (Å²) in [7, 11) is 0. The minimum Gasteiger partial charge on any atom is -0.491 e. The van der Waals surface area contributed by atoms with Crippen molar-refractivity contribution in [2.45, 2.75) is 53.1 Å². The number of imidazole rings is 1. The van der Waals surface area contributed by atoms with E-state index in [-0.39, 0.29) is 11.9 Å². The molecule has 0 aliphatic heterocycles. The Bertz CT molecular complexity index is 962. The highest BCUT2D eigenvalue weighted by molar-refractivity contribution is 5.78. The fourth-order valence-corrected chi connectivity index (χ4v) is 3.39. The number of aryl methyl sites for hydroxylation is 1. The molecular weight excluding hydrogens is 350 g/mol. The molecule has 5 heteroatoms. The zero-order valence-electron chi connectivity index (χ0n) is 17.2. The highest BCUT2D eigenvalue weighted by atomic mass is 16.5. The molecule has 1 N–H and O–H groups in total. The van der Waals surface area contributed by atoms with Gasteiger partial charge in [-0.3, -0.25) is 4.79 Å². The quantitative estimate of drug-likeness (QED) is 0.617. The Balaban J connectivity index is 1.80. The number of aromatic nitrogens is 2. The van der Waals surface area contributed by atoms with E-state index in [1.54, 1.807) is 0 Å². The van der Waals surface area contributed by atoms with E-state index in [2.05, 4.69) is 35.9 Å². The normalized spacial score (nSPS) is 12.1. The highest BCUT2D eigenvalue weighted by Crippen LogP contribution is 2.23. The lowest BCUT2D eigenvalue weighted by Crippen LogP contribution is -2.28. The van der Waals surface area contributed by atoms with E-state index in [1.807, 2.05) is 44.2 Å². The van der Waals surface area contributed by atoms with Crippen molar-refractivity contribution in [3.63, 3.8) is 0 Å². The molecule has 3 rings (SSSR count). The summed E-state index contributed by atoms with van der Waals surface area (Å²) in [6.45, 7) is 9.35. The van der Waals surface area contributed by atoms with Crippen LogP contribution in [0.15, 0.2) is 42.5 Å². The molecule has 0 saturated carbocycles. The van der Waals surface area contributed by atoms with Crippen molar-refractivity contribution in [2.24, 2.45) is 0 Å². The molecule has 0 fully saturated rings. The van der Waals surface area contributed by atoms with Crippen molar-refractivity contribution in [2.75, 3.05) is 6.61 Å². The topological polar surface area (TPSA) is 56.2 Å². The molecule has 3 aromatic rings. The first-order chi connectivity index (χ1) is 13.5. The molecule has 1 atom stereocenters. The largest absolute Gasteiger partial charge is 0.491 e. The Morgan fingerprint density at radius 1 is 1.18 bits per heavy atom. The highest BCUT2D eigenvalue weighted by Gasteiger charge is 2.18. The average Bonchev–Trinajstić information content (AvgIpc) is 3.04. The number of para-hydroxylation sites is 2. The van der Waals surface area contributed by atoms with E-state index >= 15 is 0 Å². The van der Waals surface area contributed by atoms with Gasteiger partial charge in [-0.15, -0.1) is 0 Å². The number of nitrogens with zero attached hydrogens (tertiary/aromatic N) is 2. The Morgan fingerprint density at radius 2 is 1.96 bits per heavy atom. The number of ether oxygens (including phenoxy) is 1. The van der Waals surface area contributed by atoms with E-state index in [4.69, 9.17) is 9.72 Å².